The Morgan fingerprint density at radius 3 is 2.36 bits per heavy atom. The lowest BCUT2D eigenvalue weighted by atomic mass is 10.0. The number of hydrogen-bond donors (Lipinski definition) is 2. The summed E-state index contributed by atoms with van der Waals surface area (Å²) in [6.45, 7) is 7.67. The minimum atomic E-state index is -0.232. The monoisotopic (exact) mass is 308 g/mol. The van der Waals surface area contributed by atoms with Gasteiger partial charge in [-0.2, -0.15) is 5.11 Å². The number of likely N-dealkylation sites (tertiary alicyclic amines) is 2. The van der Waals surface area contributed by atoms with Crippen molar-refractivity contribution in [2.45, 2.75) is 58.0 Å². The van der Waals surface area contributed by atoms with Crippen LogP contribution in [0.15, 0.2) is 10.2 Å². The summed E-state index contributed by atoms with van der Waals surface area (Å²) in [7, 11) is 0. The molecule has 0 saturated carbocycles. The molecule has 2 aliphatic heterocycles. The number of carbonyl (C=O) groups is 1. The van der Waals surface area contributed by atoms with Gasteiger partial charge in [-0.25, -0.2) is 4.79 Å². The van der Waals surface area contributed by atoms with Crippen LogP contribution in [0.5, 0.6) is 0 Å². The van der Waals surface area contributed by atoms with Crippen LogP contribution in [-0.2, 0) is 0 Å². The molecule has 2 aliphatic rings. The summed E-state index contributed by atoms with van der Waals surface area (Å²) >= 11 is 0. The number of nitrogens with one attached hydrogen (secondary N) is 2. The maximum Gasteiger partial charge on any atom is 0.324 e. The van der Waals surface area contributed by atoms with E-state index in [4.69, 9.17) is 5.41 Å². The van der Waals surface area contributed by atoms with E-state index in [0.717, 1.165) is 25.9 Å². The molecule has 124 valence electrons. The van der Waals surface area contributed by atoms with Gasteiger partial charge in [0.15, 0.2) is 0 Å². The highest BCUT2D eigenvalue weighted by atomic mass is 16.2. The van der Waals surface area contributed by atoms with E-state index in [2.05, 4.69) is 20.4 Å². The van der Waals surface area contributed by atoms with Crippen molar-refractivity contribution < 1.29 is 4.79 Å². The Morgan fingerprint density at radius 1 is 1.14 bits per heavy atom. The summed E-state index contributed by atoms with van der Waals surface area (Å²) < 4.78 is 0. The normalized spacial score (nSPS) is 21.5. The topological polar surface area (TPSA) is 84.1 Å². The van der Waals surface area contributed by atoms with Crippen LogP contribution >= 0.6 is 0 Å². The highest BCUT2D eigenvalue weighted by molar-refractivity contribution is 5.94. The molecule has 0 radical (unpaired) electrons. The highest BCUT2D eigenvalue weighted by Gasteiger charge is 2.27. The van der Waals surface area contributed by atoms with Crippen molar-refractivity contribution in [2.75, 3.05) is 26.2 Å². The first-order chi connectivity index (χ1) is 10.6. The van der Waals surface area contributed by atoms with E-state index >= 15 is 0 Å². The van der Waals surface area contributed by atoms with E-state index in [1.165, 1.54) is 32.4 Å². The third-order valence-electron chi connectivity index (χ3n) is 4.27. The largest absolute Gasteiger partial charge is 0.324 e. The molecule has 7 nitrogen and oxygen atoms in total. The van der Waals surface area contributed by atoms with Crippen molar-refractivity contribution >= 4 is 12.0 Å². The number of rotatable bonds is 2. The first-order valence-electron chi connectivity index (χ1n) is 8.35. The maximum atomic E-state index is 12.1. The molecule has 0 aliphatic carbocycles. The van der Waals surface area contributed by atoms with Crippen molar-refractivity contribution in [1.29, 1.82) is 5.41 Å². The van der Waals surface area contributed by atoms with Crippen LogP contribution in [0.2, 0.25) is 0 Å². The lowest BCUT2D eigenvalue weighted by Crippen LogP contribution is -2.51. The standard InChI is InChI=1S/C15H28N6O/c1-12(2)18-19-14(16)17-15(22)21-10-6-13(7-11-21)20-8-4-3-5-9-20/h12-13H,3-11H2,1-2H3,(H2,16,17,22)/b19-18-. The fourth-order valence-electron chi connectivity index (χ4n) is 3.10. The Morgan fingerprint density at radius 2 is 1.77 bits per heavy atom. The molecule has 7 heteroatoms. The second-order valence-corrected chi connectivity index (χ2v) is 6.40. The molecule has 0 aromatic carbocycles. The van der Waals surface area contributed by atoms with Crippen LogP contribution in [-0.4, -0.2) is 60.1 Å². The molecule has 0 bridgehead atoms. The fourth-order valence-corrected chi connectivity index (χ4v) is 3.10. The first-order valence-corrected chi connectivity index (χ1v) is 8.35. The second kappa shape index (κ2) is 8.22. The molecular formula is C15H28N6O. The third-order valence-corrected chi connectivity index (χ3v) is 4.27. The maximum absolute atomic E-state index is 12.1. The zero-order valence-corrected chi connectivity index (χ0v) is 13.7. The van der Waals surface area contributed by atoms with Crippen molar-refractivity contribution in [3.63, 3.8) is 0 Å². The Hall–Kier alpha value is -1.50. The van der Waals surface area contributed by atoms with Gasteiger partial charge in [0.1, 0.15) is 0 Å². The third kappa shape index (κ3) is 5.05. The number of piperidine rings is 2. The minimum absolute atomic E-state index is 0.0255. The molecule has 2 saturated heterocycles. The molecule has 2 rings (SSSR count). The molecule has 2 heterocycles. The van der Waals surface area contributed by atoms with Gasteiger partial charge in [-0.05, 0) is 52.6 Å². The highest BCUT2D eigenvalue weighted by Crippen LogP contribution is 2.20. The molecular weight excluding hydrogens is 280 g/mol. The van der Waals surface area contributed by atoms with Crippen LogP contribution in [0.1, 0.15) is 46.0 Å². The number of amides is 2. The number of nitrogens with zero attached hydrogens (tertiary/aromatic N) is 4. The number of urea groups is 1. The number of azo groups is 1. The molecule has 2 amide bonds. The average Bonchev–Trinajstić information content (AvgIpc) is 2.54. The summed E-state index contributed by atoms with van der Waals surface area (Å²) in [4.78, 5) is 16.5. The molecule has 0 aromatic heterocycles. The molecule has 22 heavy (non-hydrogen) atoms. The van der Waals surface area contributed by atoms with Crippen molar-refractivity contribution in [3.05, 3.63) is 0 Å². The van der Waals surface area contributed by atoms with E-state index in [9.17, 15) is 4.79 Å². The Bertz CT molecular complexity index is 408. The number of guanidine groups is 1. The molecule has 2 N–H and O–H groups in total. The van der Waals surface area contributed by atoms with Crippen LogP contribution in [0.25, 0.3) is 0 Å². The molecule has 2 fully saturated rings. The van der Waals surface area contributed by atoms with Gasteiger partial charge in [-0.3, -0.25) is 10.7 Å². The molecule has 0 unspecified atom stereocenters. The van der Waals surface area contributed by atoms with E-state index in [1.54, 1.807) is 4.90 Å². The van der Waals surface area contributed by atoms with Gasteiger partial charge < -0.3 is 9.80 Å². The summed E-state index contributed by atoms with van der Waals surface area (Å²) in [6.07, 6.45) is 6.00. The lowest BCUT2D eigenvalue weighted by Gasteiger charge is -2.40. The smallest absolute Gasteiger partial charge is 0.324 e. The lowest BCUT2D eigenvalue weighted by molar-refractivity contribution is 0.102. The van der Waals surface area contributed by atoms with Gasteiger partial charge in [0.25, 0.3) is 0 Å². The van der Waals surface area contributed by atoms with Gasteiger partial charge in [-0.15, -0.1) is 5.11 Å². The van der Waals surface area contributed by atoms with Crippen molar-refractivity contribution in [2.24, 2.45) is 10.2 Å². The Balaban J connectivity index is 1.73. The molecule has 0 aromatic rings. The quantitative estimate of drug-likeness (QED) is 0.466. The van der Waals surface area contributed by atoms with Crippen molar-refractivity contribution in [1.82, 2.24) is 15.1 Å². The predicted octanol–water partition coefficient (Wildman–Crippen LogP) is 2.44. The Kier molecular flexibility index (Phi) is 6.30. The minimum Gasteiger partial charge on any atom is -0.324 e. The van der Waals surface area contributed by atoms with Crippen LogP contribution in [0.3, 0.4) is 0 Å². The van der Waals surface area contributed by atoms with Crippen LogP contribution < -0.4 is 5.32 Å². The Labute approximate surface area is 132 Å². The van der Waals surface area contributed by atoms with Gasteiger partial charge >= 0.3 is 6.03 Å². The number of hydrogen-bond acceptors (Lipinski definition) is 4. The van der Waals surface area contributed by atoms with E-state index in [-0.39, 0.29) is 18.0 Å². The summed E-state index contributed by atoms with van der Waals surface area (Å²) in [5.74, 6) is -0.183. The van der Waals surface area contributed by atoms with Gasteiger partial charge in [-0.1, -0.05) is 6.42 Å². The van der Waals surface area contributed by atoms with Gasteiger partial charge in [0.2, 0.25) is 5.96 Å². The molecule has 0 spiro atoms. The summed E-state index contributed by atoms with van der Waals surface area (Å²) in [5.41, 5.74) is 0. The van der Waals surface area contributed by atoms with Gasteiger partial charge in [0, 0.05) is 19.1 Å². The van der Waals surface area contributed by atoms with Crippen molar-refractivity contribution in [3.8, 4) is 0 Å². The zero-order valence-electron chi connectivity index (χ0n) is 13.7. The van der Waals surface area contributed by atoms with E-state index < -0.39 is 0 Å². The van der Waals surface area contributed by atoms with Crippen LogP contribution in [0.4, 0.5) is 4.79 Å². The SMILES string of the molecule is CC(C)/N=N\C(=N)NC(=O)N1CCC(N2CCCCC2)CC1. The second-order valence-electron chi connectivity index (χ2n) is 6.40. The summed E-state index contributed by atoms with van der Waals surface area (Å²) in [5, 5.41) is 17.6. The zero-order chi connectivity index (χ0) is 15.9. The predicted molar refractivity (Wildman–Crippen MR) is 86.3 cm³/mol. The van der Waals surface area contributed by atoms with E-state index in [0.29, 0.717) is 6.04 Å². The van der Waals surface area contributed by atoms with E-state index in [1.807, 2.05) is 13.8 Å². The summed E-state index contributed by atoms with van der Waals surface area (Å²) in [6, 6.07) is 0.409. The fraction of sp³-hybridized carbons (Fsp3) is 0.867. The average molecular weight is 308 g/mol. The number of carbonyl (C=O) groups excluding carboxylic acids is 1. The van der Waals surface area contributed by atoms with Gasteiger partial charge in [0.05, 0.1) is 6.04 Å². The molecule has 0 atom stereocenters. The first kappa shape index (κ1) is 16.9. The van der Waals surface area contributed by atoms with Crippen LogP contribution in [0, 0.1) is 5.41 Å².